The van der Waals surface area contributed by atoms with Crippen LogP contribution in [0.1, 0.15) is 28.8 Å². The van der Waals surface area contributed by atoms with Crippen LogP contribution >= 0.6 is 0 Å². The van der Waals surface area contributed by atoms with Crippen LogP contribution in [-0.4, -0.2) is 55.4 Å². The number of halogens is 1. The Balaban J connectivity index is 2.38. The van der Waals surface area contributed by atoms with Crippen molar-refractivity contribution < 1.29 is 28.6 Å². The zero-order chi connectivity index (χ0) is 17.9. The summed E-state index contributed by atoms with van der Waals surface area (Å²) in [5, 5.41) is 11.1. The third-order valence-corrected chi connectivity index (χ3v) is 3.71. The molecule has 1 aromatic heterocycles. The molecule has 4 N–H and O–H groups in total. The Labute approximate surface area is 137 Å². The SMILES string of the molecule is COC(OC)c1cc(C(N)=O)c(F)c(N2CCC(NC(=O)O)C2)n1. The van der Waals surface area contributed by atoms with Gasteiger partial charge < -0.3 is 30.5 Å². The van der Waals surface area contributed by atoms with Gasteiger partial charge in [0, 0.05) is 27.3 Å². The van der Waals surface area contributed by atoms with E-state index < -0.39 is 24.1 Å². The van der Waals surface area contributed by atoms with Crippen molar-refractivity contribution in [1.82, 2.24) is 10.3 Å². The topological polar surface area (TPSA) is 127 Å². The molecule has 2 rings (SSSR count). The van der Waals surface area contributed by atoms with E-state index in [1.54, 1.807) is 4.90 Å². The molecule has 0 bridgehead atoms. The average molecular weight is 342 g/mol. The first-order valence-electron chi connectivity index (χ1n) is 7.17. The summed E-state index contributed by atoms with van der Waals surface area (Å²) in [6.07, 6.45) is -1.56. The van der Waals surface area contributed by atoms with Crippen LogP contribution in [0.25, 0.3) is 0 Å². The van der Waals surface area contributed by atoms with Gasteiger partial charge in [0.2, 0.25) is 6.29 Å². The maximum atomic E-state index is 14.6. The number of methoxy groups -OCH3 is 2. The van der Waals surface area contributed by atoms with Crippen LogP contribution in [0.5, 0.6) is 0 Å². The van der Waals surface area contributed by atoms with Gasteiger partial charge in [-0.1, -0.05) is 0 Å². The molecule has 1 saturated heterocycles. The predicted octanol–water partition coefficient (Wildman–Crippen LogP) is 0.457. The molecule has 0 aliphatic carbocycles. The van der Waals surface area contributed by atoms with Crippen LogP contribution < -0.4 is 16.0 Å². The third-order valence-electron chi connectivity index (χ3n) is 3.71. The van der Waals surface area contributed by atoms with Crippen molar-refractivity contribution in [3.8, 4) is 0 Å². The second-order valence-corrected chi connectivity index (χ2v) is 5.28. The normalized spacial score (nSPS) is 17.3. The lowest BCUT2D eigenvalue weighted by molar-refractivity contribution is -0.108. The van der Waals surface area contributed by atoms with Gasteiger partial charge in [-0.2, -0.15) is 0 Å². The Morgan fingerprint density at radius 1 is 1.50 bits per heavy atom. The maximum absolute atomic E-state index is 14.6. The highest BCUT2D eigenvalue weighted by Crippen LogP contribution is 2.28. The number of carbonyl (C=O) groups excluding carboxylic acids is 1. The number of hydrogen-bond donors (Lipinski definition) is 3. The van der Waals surface area contributed by atoms with E-state index in [4.69, 9.17) is 20.3 Å². The van der Waals surface area contributed by atoms with E-state index in [1.807, 2.05) is 0 Å². The van der Waals surface area contributed by atoms with Crippen LogP contribution in [0.4, 0.5) is 15.0 Å². The number of nitrogens with two attached hydrogens (primary N) is 1. The summed E-state index contributed by atoms with van der Waals surface area (Å²) in [6, 6.07) is 0.826. The quantitative estimate of drug-likeness (QED) is 0.641. The number of nitrogens with one attached hydrogen (secondary N) is 1. The van der Waals surface area contributed by atoms with Crippen molar-refractivity contribution >= 4 is 17.8 Å². The molecule has 9 nitrogen and oxygen atoms in total. The molecule has 2 heterocycles. The number of aromatic nitrogens is 1. The molecule has 1 aromatic rings. The van der Waals surface area contributed by atoms with E-state index in [0.29, 0.717) is 13.0 Å². The minimum Gasteiger partial charge on any atom is -0.465 e. The van der Waals surface area contributed by atoms with Crippen molar-refractivity contribution in [2.24, 2.45) is 5.73 Å². The number of primary amides is 1. The zero-order valence-electron chi connectivity index (χ0n) is 13.3. The molecule has 1 aliphatic heterocycles. The smallest absolute Gasteiger partial charge is 0.404 e. The lowest BCUT2D eigenvalue weighted by Gasteiger charge is -2.22. The summed E-state index contributed by atoms with van der Waals surface area (Å²) in [5.41, 5.74) is 5.09. The second kappa shape index (κ2) is 7.41. The number of nitrogens with zero attached hydrogens (tertiary/aromatic N) is 2. The van der Waals surface area contributed by atoms with Crippen LogP contribution in [0.2, 0.25) is 0 Å². The Morgan fingerprint density at radius 2 is 2.17 bits per heavy atom. The van der Waals surface area contributed by atoms with Crippen LogP contribution in [0, 0.1) is 5.82 Å². The van der Waals surface area contributed by atoms with E-state index >= 15 is 0 Å². The van der Waals surface area contributed by atoms with Crippen molar-refractivity contribution in [3.63, 3.8) is 0 Å². The molecule has 132 valence electrons. The third kappa shape index (κ3) is 3.71. The first kappa shape index (κ1) is 17.9. The van der Waals surface area contributed by atoms with Crippen molar-refractivity contribution in [2.45, 2.75) is 18.8 Å². The van der Waals surface area contributed by atoms with E-state index in [9.17, 15) is 14.0 Å². The minimum atomic E-state index is -1.15. The number of hydrogen-bond acceptors (Lipinski definition) is 6. The van der Waals surface area contributed by atoms with Gasteiger partial charge in [-0.05, 0) is 12.5 Å². The van der Waals surface area contributed by atoms with Crippen LogP contribution in [-0.2, 0) is 9.47 Å². The minimum absolute atomic E-state index is 0.0879. The Morgan fingerprint density at radius 3 is 2.71 bits per heavy atom. The fourth-order valence-corrected chi connectivity index (χ4v) is 2.63. The summed E-state index contributed by atoms with van der Waals surface area (Å²) in [4.78, 5) is 28.0. The predicted molar refractivity (Wildman–Crippen MR) is 81.3 cm³/mol. The van der Waals surface area contributed by atoms with E-state index in [-0.39, 0.29) is 29.7 Å². The highest BCUT2D eigenvalue weighted by atomic mass is 19.1. The second-order valence-electron chi connectivity index (χ2n) is 5.28. The monoisotopic (exact) mass is 342 g/mol. The Kier molecular flexibility index (Phi) is 5.52. The summed E-state index contributed by atoms with van der Waals surface area (Å²) >= 11 is 0. The summed E-state index contributed by atoms with van der Waals surface area (Å²) in [5.74, 6) is -1.88. The van der Waals surface area contributed by atoms with E-state index in [1.165, 1.54) is 20.3 Å². The molecule has 24 heavy (non-hydrogen) atoms. The number of carboxylic acid groups (broad SMARTS) is 1. The number of ether oxygens (including phenoxy) is 2. The molecule has 2 amide bonds. The Bertz CT molecular complexity index is 638. The molecular weight excluding hydrogens is 323 g/mol. The number of carbonyl (C=O) groups is 2. The first-order chi connectivity index (χ1) is 11.4. The van der Waals surface area contributed by atoms with Crippen LogP contribution in [0.3, 0.4) is 0 Å². The van der Waals surface area contributed by atoms with Crippen molar-refractivity contribution in [1.29, 1.82) is 0 Å². The largest absolute Gasteiger partial charge is 0.465 e. The molecule has 10 heteroatoms. The Hall–Kier alpha value is -2.46. The van der Waals surface area contributed by atoms with Gasteiger partial charge in [0.15, 0.2) is 11.6 Å². The molecule has 0 radical (unpaired) electrons. The lowest BCUT2D eigenvalue weighted by Crippen LogP contribution is -2.36. The molecule has 0 spiro atoms. The van der Waals surface area contributed by atoms with Gasteiger partial charge in [-0.15, -0.1) is 0 Å². The van der Waals surface area contributed by atoms with E-state index in [0.717, 1.165) is 0 Å². The molecule has 1 fully saturated rings. The standard InChI is InChI=1S/C14H19FN4O5/c1-23-13(24-2)9-5-8(11(16)20)10(15)12(18-9)19-4-3-7(6-19)17-14(21)22/h5,7,13,17H,3-4,6H2,1-2H3,(H2,16,20)(H,21,22). The summed E-state index contributed by atoms with van der Waals surface area (Å²) < 4.78 is 24.8. The molecule has 0 saturated carbocycles. The van der Waals surface area contributed by atoms with Gasteiger partial charge in [-0.3, -0.25) is 4.79 Å². The summed E-state index contributed by atoms with van der Waals surface area (Å²) in [6.45, 7) is 0.601. The van der Waals surface area contributed by atoms with Gasteiger partial charge >= 0.3 is 6.09 Å². The van der Waals surface area contributed by atoms with Crippen molar-refractivity contribution in [3.05, 3.63) is 23.1 Å². The van der Waals surface area contributed by atoms with Gasteiger partial charge in [-0.25, -0.2) is 14.2 Å². The molecule has 0 aromatic carbocycles. The average Bonchev–Trinajstić information content (AvgIpc) is 2.96. The highest BCUT2D eigenvalue weighted by Gasteiger charge is 2.30. The number of pyridine rings is 1. The van der Waals surface area contributed by atoms with Crippen LogP contribution in [0.15, 0.2) is 6.07 Å². The number of rotatable bonds is 6. The van der Waals surface area contributed by atoms with E-state index in [2.05, 4.69) is 10.3 Å². The highest BCUT2D eigenvalue weighted by molar-refractivity contribution is 5.94. The van der Waals surface area contributed by atoms with Gasteiger partial charge in [0.25, 0.3) is 5.91 Å². The fourth-order valence-electron chi connectivity index (χ4n) is 2.63. The molecule has 1 atom stereocenters. The number of amides is 2. The first-order valence-corrected chi connectivity index (χ1v) is 7.17. The zero-order valence-corrected chi connectivity index (χ0v) is 13.3. The fraction of sp³-hybridized carbons (Fsp3) is 0.500. The number of anilines is 1. The molecule has 1 aliphatic rings. The maximum Gasteiger partial charge on any atom is 0.404 e. The molecule has 1 unspecified atom stereocenters. The molecular formula is C14H19FN4O5. The van der Waals surface area contributed by atoms with Crippen molar-refractivity contribution in [2.75, 3.05) is 32.2 Å². The van der Waals surface area contributed by atoms with Gasteiger partial charge in [0.05, 0.1) is 17.3 Å². The lowest BCUT2D eigenvalue weighted by atomic mass is 10.2. The summed E-state index contributed by atoms with van der Waals surface area (Å²) in [7, 11) is 2.76. The van der Waals surface area contributed by atoms with Gasteiger partial charge in [0.1, 0.15) is 0 Å².